The minimum Gasteiger partial charge on any atom is -0.302 e. The molecular formula is C23H27Cl2N3OS2. The van der Waals surface area contributed by atoms with Gasteiger partial charge in [-0.05, 0) is 62.0 Å². The van der Waals surface area contributed by atoms with Crippen LogP contribution < -0.4 is 4.90 Å². The van der Waals surface area contributed by atoms with Crippen LogP contribution >= 0.6 is 46.3 Å². The highest BCUT2D eigenvalue weighted by Crippen LogP contribution is 2.33. The maximum absolute atomic E-state index is 13.2. The number of carbonyl (C=O) groups excluding carboxylic acids is 1. The summed E-state index contributed by atoms with van der Waals surface area (Å²) in [6.07, 6.45) is 0.446. The van der Waals surface area contributed by atoms with Crippen molar-refractivity contribution in [3.63, 3.8) is 0 Å². The van der Waals surface area contributed by atoms with E-state index < -0.39 is 0 Å². The van der Waals surface area contributed by atoms with Crippen molar-refractivity contribution in [1.82, 2.24) is 9.88 Å². The molecule has 0 N–H and O–H groups in total. The summed E-state index contributed by atoms with van der Waals surface area (Å²) in [4.78, 5) is 23.3. The Kier molecular flexibility index (Phi) is 9.05. The molecule has 0 spiro atoms. The first-order chi connectivity index (χ1) is 14.9. The number of fused-ring (bicyclic) bond motifs is 1. The Morgan fingerprint density at radius 3 is 2.45 bits per heavy atom. The highest BCUT2D eigenvalue weighted by molar-refractivity contribution is 7.99. The number of hydrogen-bond donors (Lipinski definition) is 0. The van der Waals surface area contributed by atoms with Gasteiger partial charge >= 0.3 is 0 Å². The van der Waals surface area contributed by atoms with Gasteiger partial charge in [0.2, 0.25) is 5.91 Å². The van der Waals surface area contributed by atoms with E-state index in [-0.39, 0.29) is 5.91 Å². The predicted octanol–water partition coefficient (Wildman–Crippen LogP) is 6.77. The molecule has 3 rings (SSSR count). The molecule has 166 valence electrons. The smallest absolute Gasteiger partial charge is 0.229 e. The number of halogens is 2. The minimum absolute atomic E-state index is 0.0939. The van der Waals surface area contributed by atoms with Gasteiger partial charge in [0.25, 0.3) is 0 Å². The van der Waals surface area contributed by atoms with Crippen LogP contribution in [0.3, 0.4) is 0 Å². The average molecular weight is 497 g/mol. The molecule has 0 aliphatic heterocycles. The minimum atomic E-state index is 0.0939. The monoisotopic (exact) mass is 495 g/mol. The van der Waals surface area contributed by atoms with Crippen molar-refractivity contribution in [3.8, 4) is 0 Å². The van der Waals surface area contributed by atoms with Gasteiger partial charge in [-0.15, -0.1) is 11.8 Å². The van der Waals surface area contributed by atoms with Crippen LogP contribution in [-0.4, -0.2) is 47.7 Å². The molecule has 0 bridgehead atoms. The van der Waals surface area contributed by atoms with E-state index in [0.717, 1.165) is 45.4 Å². The molecule has 31 heavy (non-hydrogen) atoms. The molecule has 0 atom stereocenters. The van der Waals surface area contributed by atoms with Crippen LogP contribution in [0, 0.1) is 6.92 Å². The number of likely N-dealkylation sites (N-methyl/N-ethyl adjacent to an activating group) is 1. The Bertz CT molecular complexity index is 1020. The number of thiazole rings is 1. The summed E-state index contributed by atoms with van der Waals surface area (Å²) in [5.41, 5.74) is 1.94. The third-order valence-electron chi connectivity index (χ3n) is 5.10. The van der Waals surface area contributed by atoms with Crippen LogP contribution in [0.1, 0.15) is 25.8 Å². The molecule has 0 aliphatic rings. The summed E-state index contributed by atoms with van der Waals surface area (Å²) in [5.74, 6) is 0.800. The topological polar surface area (TPSA) is 36.4 Å². The zero-order valence-electron chi connectivity index (χ0n) is 18.0. The Morgan fingerprint density at radius 2 is 1.77 bits per heavy atom. The Balaban J connectivity index is 1.76. The molecule has 2 aromatic carbocycles. The average Bonchev–Trinajstić information content (AvgIpc) is 3.16. The van der Waals surface area contributed by atoms with Gasteiger partial charge < -0.3 is 4.90 Å². The number of benzene rings is 2. The molecular weight excluding hydrogens is 469 g/mol. The maximum Gasteiger partial charge on any atom is 0.229 e. The van der Waals surface area contributed by atoms with Crippen LogP contribution in [0.25, 0.3) is 10.2 Å². The number of thioether (sulfide) groups is 1. The van der Waals surface area contributed by atoms with Crippen LogP contribution in [0.15, 0.2) is 41.3 Å². The first-order valence-electron chi connectivity index (χ1n) is 10.4. The van der Waals surface area contributed by atoms with E-state index >= 15 is 0 Å². The molecule has 0 radical (unpaired) electrons. The van der Waals surface area contributed by atoms with Gasteiger partial charge in [0.05, 0.1) is 10.2 Å². The summed E-state index contributed by atoms with van der Waals surface area (Å²) in [5, 5.41) is 2.16. The molecule has 1 aromatic heterocycles. The predicted molar refractivity (Wildman–Crippen MR) is 136 cm³/mol. The van der Waals surface area contributed by atoms with Gasteiger partial charge in [0, 0.05) is 40.2 Å². The van der Waals surface area contributed by atoms with Crippen molar-refractivity contribution in [2.24, 2.45) is 0 Å². The van der Waals surface area contributed by atoms with E-state index in [9.17, 15) is 4.79 Å². The Hall–Kier alpha value is -1.31. The molecule has 1 amide bonds. The van der Waals surface area contributed by atoms with Crippen LogP contribution in [0.2, 0.25) is 10.0 Å². The number of amides is 1. The van der Waals surface area contributed by atoms with Crippen LogP contribution in [0.5, 0.6) is 0 Å². The molecule has 0 fully saturated rings. The first-order valence-corrected chi connectivity index (χ1v) is 12.9. The van der Waals surface area contributed by atoms with E-state index in [2.05, 4.69) is 18.7 Å². The third kappa shape index (κ3) is 6.59. The number of aromatic nitrogens is 1. The van der Waals surface area contributed by atoms with Gasteiger partial charge in [-0.1, -0.05) is 48.4 Å². The second kappa shape index (κ2) is 11.5. The summed E-state index contributed by atoms with van der Waals surface area (Å²) in [6, 6.07) is 11.5. The molecule has 0 unspecified atom stereocenters. The Morgan fingerprint density at radius 1 is 1.06 bits per heavy atom. The molecule has 4 nitrogen and oxygen atoms in total. The van der Waals surface area contributed by atoms with Gasteiger partial charge in [0.1, 0.15) is 0 Å². The number of rotatable bonds is 10. The molecule has 1 heterocycles. The maximum atomic E-state index is 13.2. The lowest BCUT2D eigenvalue weighted by molar-refractivity contribution is -0.118. The normalized spacial score (nSPS) is 11.4. The third-order valence-corrected chi connectivity index (χ3v) is 7.61. The van der Waals surface area contributed by atoms with E-state index in [1.54, 1.807) is 11.8 Å². The lowest BCUT2D eigenvalue weighted by atomic mass is 10.2. The summed E-state index contributed by atoms with van der Waals surface area (Å²) < 4.78 is 1.01. The fraction of sp³-hybridized carbons (Fsp3) is 0.391. The highest BCUT2D eigenvalue weighted by atomic mass is 35.5. The van der Waals surface area contributed by atoms with E-state index in [1.165, 1.54) is 11.3 Å². The van der Waals surface area contributed by atoms with Gasteiger partial charge in [-0.2, -0.15) is 0 Å². The van der Waals surface area contributed by atoms with Crippen molar-refractivity contribution < 1.29 is 4.79 Å². The number of nitrogens with zero attached hydrogens (tertiary/aromatic N) is 3. The summed E-state index contributed by atoms with van der Waals surface area (Å²) in [6.45, 7) is 9.64. The number of carbonyl (C=O) groups is 1. The van der Waals surface area contributed by atoms with E-state index in [1.807, 2.05) is 48.2 Å². The fourth-order valence-electron chi connectivity index (χ4n) is 3.29. The standard InChI is InChI=1S/C23H27Cl2N3OS2/c1-4-27(5-2)11-12-28(21(29)10-13-30-19-8-6-17(24)7-9-19)23-26-22-16(3)14-18(25)15-20(22)31-23/h6-9,14-15H,4-5,10-13H2,1-3H3. The zero-order chi connectivity index (χ0) is 22.4. The SMILES string of the molecule is CCN(CC)CCN(C(=O)CCSc1ccc(Cl)cc1)c1nc2c(C)cc(Cl)cc2s1. The lowest BCUT2D eigenvalue weighted by Gasteiger charge is -2.24. The molecule has 3 aromatic rings. The molecule has 8 heteroatoms. The lowest BCUT2D eigenvalue weighted by Crippen LogP contribution is -2.39. The summed E-state index contributed by atoms with van der Waals surface area (Å²) in [7, 11) is 0. The molecule has 0 saturated heterocycles. The van der Waals surface area contributed by atoms with Gasteiger partial charge in [-0.3, -0.25) is 9.69 Å². The largest absolute Gasteiger partial charge is 0.302 e. The van der Waals surface area contributed by atoms with Crippen molar-refractivity contribution in [2.75, 3.05) is 36.8 Å². The summed E-state index contributed by atoms with van der Waals surface area (Å²) >= 11 is 15.4. The molecule has 0 saturated carbocycles. The van der Waals surface area contributed by atoms with Crippen LogP contribution in [-0.2, 0) is 4.79 Å². The van der Waals surface area contributed by atoms with E-state index in [4.69, 9.17) is 28.2 Å². The number of aryl methyl sites for hydroxylation is 1. The second-order valence-corrected chi connectivity index (χ2v) is 10.2. The van der Waals surface area contributed by atoms with Crippen molar-refractivity contribution in [2.45, 2.75) is 32.1 Å². The Labute approximate surface area is 202 Å². The van der Waals surface area contributed by atoms with Gasteiger partial charge in [0.15, 0.2) is 5.13 Å². The van der Waals surface area contributed by atoms with E-state index in [0.29, 0.717) is 28.8 Å². The molecule has 0 aliphatic carbocycles. The van der Waals surface area contributed by atoms with Crippen molar-refractivity contribution >= 4 is 67.6 Å². The van der Waals surface area contributed by atoms with Crippen LogP contribution in [0.4, 0.5) is 5.13 Å². The quantitative estimate of drug-likeness (QED) is 0.290. The van der Waals surface area contributed by atoms with Crippen molar-refractivity contribution in [1.29, 1.82) is 0 Å². The zero-order valence-corrected chi connectivity index (χ0v) is 21.2. The highest BCUT2D eigenvalue weighted by Gasteiger charge is 2.21. The first kappa shape index (κ1) is 24.3. The number of anilines is 1. The van der Waals surface area contributed by atoms with Crippen molar-refractivity contribution in [3.05, 3.63) is 52.0 Å². The number of hydrogen-bond acceptors (Lipinski definition) is 5. The second-order valence-electron chi connectivity index (χ2n) is 7.19. The van der Waals surface area contributed by atoms with Gasteiger partial charge in [-0.25, -0.2) is 4.98 Å². The fourth-order valence-corrected chi connectivity index (χ4v) is 5.72.